The van der Waals surface area contributed by atoms with Crippen molar-refractivity contribution in [1.82, 2.24) is 20.4 Å². The van der Waals surface area contributed by atoms with E-state index in [1.54, 1.807) is 13.2 Å². The molecule has 0 saturated heterocycles. The normalized spacial score (nSPS) is 10.9. The van der Waals surface area contributed by atoms with Gasteiger partial charge in [0, 0.05) is 32.5 Å². The Hall–Kier alpha value is -2.55. The number of guanidine groups is 1. The van der Waals surface area contributed by atoms with Crippen LogP contribution < -0.4 is 15.4 Å². The minimum atomic E-state index is 0. The number of aliphatic imine (C=N–C) groups is 1. The summed E-state index contributed by atoms with van der Waals surface area (Å²) in [5, 5.41) is 11.1. The second-order valence-electron chi connectivity index (χ2n) is 6.75. The molecule has 0 fully saturated rings. The van der Waals surface area contributed by atoms with Crippen LogP contribution in [0.15, 0.2) is 72.0 Å². The van der Waals surface area contributed by atoms with E-state index in [9.17, 15) is 0 Å². The summed E-state index contributed by atoms with van der Waals surface area (Å²) in [5.74, 6) is 1.67. The van der Waals surface area contributed by atoms with Crippen molar-refractivity contribution in [3.8, 4) is 5.75 Å². The van der Waals surface area contributed by atoms with Crippen molar-refractivity contribution >= 4 is 29.9 Å². The largest absolute Gasteiger partial charge is 0.494 e. The highest BCUT2D eigenvalue weighted by Crippen LogP contribution is 2.13. The van der Waals surface area contributed by atoms with E-state index in [-0.39, 0.29) is 24.0 Å². The molecule has 3 aromatic rings. The maximum Gasteiger partial charge on any atom is 0.191 e. The first kappa shape index (κ1) is 23.7. The summed E-state index contributed by atoms with van der Waals surface area (Å²) in [6.07, 6.45) is 4.78. The highest BCUT2D eigenvalue weighted by molar-refractivity contribution is 14.0. The van der Waals surface area contributed by atoms with Crippen LogP contribution in [-0.4, -0.2) is 29.4 Å². The summed E-state index contributed by atoms with van der Waals surface area (Å²) in [4.78, 5) is 4.34. The lowest BCUT2D eigenvalue weighted by Gasteiger charge is -2.15. The van der Waals surface area contributed by atoms with E-state index >= 15 is 0 Å². The van der Waals surface area contributed by atoms with Crippen LogP contribution in [0.4, 0.5) is 0 Å². The van der Waals surface area contributed by atoms with Gasteiger partial charge in [0.15, 0.2) is 5.96 Å². The molecule has 30 heavy (non-hydrogen) atoms. The first-order chi connectivity index (χ1) is 14.3. The van der Waals surface area contributed by atoms with Crippen LogP contribution in [0.25, 0.3) is 0 Å². The first-order valence-electron chi connectivity index (χ1n) is 9.99. The molecule has 0 aliphatic carbocycles. The summed E-state index contributed by atoms with van der Waals surface area (Å²) in [6.45, 7) is 4.96. The molecule has 0 atom stereocenters. The summed E-state index contributed by atoms with van der Waals surface area (Å²) in [5.41, 5.74) is 3.61. The fourth-order valence-electron chi connectivity index (χ4n) is 3.00. The van der Waals surface area contributed by atoms with E-state index in [4.69, 9.17) is 4.74 Å². The lowest BCUT2D eigenvalue weighted by atomic mass is 10.1. The van der Waals surface area contributed by atoms with Gasteiger partial charge in [-0.1, -0.05) is 43.3 Å². The predicted octanol–water partition coefficient (Wildman–Crippen LogP) is 4.20. The Kier molecular flexibility index (Phi) is 10.2. The number of benzene rings is 2. The van der Waals surface area contributed by atoms with Crippen molar-refractivity contribution in [3.05, 3.63) is 83.7 Å². The Morgan fingerprint density at radius 2 is 1.83 bits per heavy atom. The average molecular weight is 519 g/mol. The standard InChI is InChI=1S/C23H29N5O.HI/c1-3-14-29-22-11-6-8-19(15-22)16-25-23(24-2)26-17-20-9-4-5-10-21(20)18-28-13-7-12-27-28;/h4-13,15H,3,14,16-18H2,1-2H3,(H2,24,25,26);1H. The van der Waals surface area contributed by atoms with E-state index in [2.05, 4.69) is 64.0 Å². The van der Waals surface area contributed by atoms with Gasteiger partial charge in [0.2, 0.25) is 0 Å². The molecule has 6 nitrogen and oxygen atoms in total. The Morgan fingerprint density at radius 3 is 2.57 bits per heavy atom. The van der Waals surface area contributed by atoms with Crippen molar-refractivity contribution in [2.75, 3.05) is 13.7 Å². The lowest BCUT2D eigenvalue weighted by Crippen LogP contribution is -2.36. The maximum absolute atomic E-state index is 5.71. The molecular weight excluding hydrogens is 489 g/mol. The predicted molar refractivity (Wildman–Crippen MR) is 132 cm³/mol. The molecule has 2 N–H and O–H groups in total. The summed E-state index contributed by atoms with van der Waals surface area (Å²) < 4.78 is 7.64. The molecule has 0 amide bonds. The van der Waals surface area contributed by atoms with Gasteiger partial charge in [-0.05, 0) is 41.3 Å². The van der Waals surface area contributed by atoms with Crippen LogP contribution in [-0.2, 0) is 19.6 Å². The van der Waals surface area contributed by atoms with Gasteiger partial charge in [-0.3, -0.25) is 9.67 Å². The van der Waals surface area contributed by atoms with E-state index in [1.165, 1.54) is 11.1 Å². The summed E-state index contributed by atoms with van der Waals surface area (Å²) in [7, 11) is 1.78. The molecule has 1 heterocycles. The fraction of sp³-hybridized carbons (Fsp3) is 0.304. The van der Waals surface area contributed by atoms with Gasteiger partial charge in [0.05, 0.1) is 13.2 Å². The van der Waals surface area contributed by atoms with Crippen molar-refractivity contribution < 1.29 is 4.74 Å². The maximum atomic E-state index is 5.71. The number of hydrogen-bond acceptors (Lipinski definition) is 3. The van der Waals surface area contributed by atoms with E-state index < -0.39 is 0 Å². The fourth-order valence-corrected chi connectivity index (χ4v) is 3.00. The van der Waals surface area contributed by atoms with Gasteiger partial charge in [-0.15, -0.1) is 24.0 Å². The zero-order valence-corrected chi connectivity index (χ0v) is 19.9. The number of hydrogen-bond donors (Lipinski definition) is 2. The Morgan fingerprint density at radius 1 is 1.03 bits per heavy atom. The molecule has 160 valence electrons. The molecule has 0 unspecified atom stereocenters. The van der Waals surface area contributed by atoms with E-state index in [0.717, 1.165) is 36.8 Å². The number of aromatic nitrogens is 2. The van der Waals surface area contributed by atoms with Gasteiger partial charge < -0.3 is 15.4 Å². The SMILES string of the molecule is CCCOc1cccc(CNC(=NC)NCc2ccccc2Cn2cccn2)c1.I. The molecule has 3 rings (SSSR count). The molecule has 1 aromatic heterocycles. The molecule has 0 saturated carbocycles. The quantitative estimate of drug-likeness (QED) is 0.253. The van der Waals surface area contributed by atoms with Crippen LogP contribution in [0.3, 0.4) is 0 Å². The molecule has 7 heteroatoms. The van der Waals surface area contributed by atoms with Gasteiger partial charge in [0.25, 0.3) is 0 Å². The van der Waals surface area contributed by atoms with Crippen molar-refractivity contribution in [2.24, 2.45) is 4.99 Å². The monoisotopic (exact) mass is 519 g/mol. The third-order valence-electron chi connectivity index (χ3n) is 4.51. The smallest absolute Gasteiger partial charge is 0.191 e. The number of nitrogens with zero attached hydrogens (tertiary/aromatic N) is 3. The van der Waals surface area contributed by atoms with Crippen LogP contribution >= 0.6 is 24.0 Å². The number of ether oxygens (including phenoxy) is 1. The second kappa shape index (κ2) is 12.9. The second-order valence-corrected chi connectivity index (χ2v) is 6.75. The van der Waals surface area contributed by atoms with Gasteiger partial charge >= 0.3 is 0 Å². The molecule has 2 aromatic carbocycles. The van der Waals surface area contributed by atoms with Gasteiger partial charge in [-0.25, -0.2) is 0 Å². The van der Waals surface area contributed by atoms with E-state index in [1.807, 2.05) is 29.1 Å². The number of halogens is 1. The van der Waals surface area contributed by atoms with Crippen LogP contribution in [0.2, 0.25) is 0 Å². The van der Waals surface area contributed by atoms with Crippen LogP contribution in [0.5, 0.6) is 5.75 Å². The summed E-state index contributed by atoms with van der Waals surface area (Å²) in [6, 6.07) is 18.5. The third-order valence-corrected chi connectivity index (χ3v) is 4.51. The van der Waals surface area contributed by atoms with Crippen LogP contribution in [0.1, 0.15) is 30.0 Å². The van der Waals surface area contributed by atoms with Crippen molar-refractivity contribution in [2.45, 2.75) is 33.0 Å². The van der Waals surface area contributed by atoms with Crippen molar-refractivity contribution in [3.63, 3.8) is 0 Å². The Labute approximate surface area is 195 Å². The van der Waals surface area contributed by atoms with Gasteiger partial charge in [0.1, 0.15) is 5.75 Å². The molecule has 0 aliphatic rings. The Bertz CT molecular complexity index is 911. The van der Waals surface area contributed by atoms with Crippen molar-refractivity contribution in [1.29, 1.82) is 0 Å². The molecule has 0 spiro atoms. The average Bonchev–Trinajstić information content (AvgIpc) is 3.27. The highest BCUT2D eigenvalue weighted by atomic mass is 127. The molecule has 0 radical (unpaired) electrons. The van der Waals surface area contributed by atoms with E-state index in [0.29, 0.717) is 13.1 Å². The first-order valence-corrected chi connectivity index (χ1v) is 9.99. The van der Waals surface area contributed by atoms with Gasteiger partial charge in [-0.2, -0.15) is 5.10 Å². The molecule has 0 aliphatic heterocycles. The zero-order valence-electron chi connectivity index (χ0n) is 17.5. The number of rotatable bonds is 9. The minimum absolute atomic E-state index is 0. The zero-order chi connectivity index (χ0) is 20.3. The topological polar surface area (TPSA) is 63.5 Å². The highest BCUT2D eigenvalue weighted by Gasteiger charge is 2.05. The third kappa shape index (κ3) is 7.37. The lowest BCUT2D eigenvalue weighted by molar-refractivity contribution is 0.317. The minimum Gasteiger partial charge on any atom is -0.494 e. The van der Waals surface area contributed by atoms with Crippen LogP contribution in [0, 0.1) is 0 Å². The Balaban J connectivity index is 0.00000320. The molecular formula is C23H30IN5O. The summed E-state index contributed by atoms with van der Waals surface area (Å²) >= 11 is 0. The number of nitrogens with one attached hydrogen (secondary N) is 2. The molecule has 0 bridgehead atoms.